The highest BCUT2D eigenvalue weighted by Gasteiger charge is 2.27. The van der Waals surface area contributed by atoms with Gasteiger partial charge >= 0.3 is 5.97 Å². The highest BCUT2D eigenvalue weighted by Crippen LogP contribution is 2.06. The molecule has 0 heterocycles. The van der Waals surface area contributed by atoms with Crippen LogP contribution in [0, 0.1) is 0 Å². The molecule has 0 rings (SSSR count). The molecule has 10 heteroatoms. The van der Waals surface area contributed by atoms with Gasteiger partial charge in [0.1, 0.15) is 12.1 Å². The van der Waals surface area contributed by atoms with E-state index in [0.29, 0.717) is 51.6 Å². The van der Waals surface area contributed by atoms with Gasteiger partial charge in [0.25, 0.3) is 0 Å². The van der Waals surface area contributed by atoms with Gasteiger partial charge in [-0.3, -0.25) is 9.59 Å². The van der Waals surface area contributed by atoms with E-state index >= 15 is 0 Å². The normalized spacial score (nSPS) is 14.2. The molecule has 0 saturated carbocycles. The van der Waals surface area contributed by atoms with Crippen molar-refractivity contribution >= 4 is 29.5 Å². The van der Waals surface area contributed by atoms with Crippen LogP contribution in [0.4, 0.5) is 0 Å². The van der Waals surface area contributed by atoms with Crippen LogP contribution in [0.2, 0.25) is 0 Å². The lowest BCUT2D eigenvalue weighted by molar-refractivity contribution is -0.142. The molecule has 27 heavy (non-hydrogen) atoms. The molecule has 0 radical (unpaired) electrons. The number of nitrogens with one attached hydrogen (secondary N) is 2. The molecule has 0 bridgehead atoms. The number of aliphatic carboxylic acids is 1. The van der Waals surface area contributed by atoms with Crippen LogP contribution in [0.15, 0.2) is 0 Å². The van der Waals surface area contributed by atoms with E-state index in [-0.39, 0.29) is 6.42 Å². The maximum atomic E-state index is 12.6. The van der Waals surface area contributed by atoms with Gasteiger partial charge in [-0.15, -0.1) is 0 Å². The third-order valence-corrected chi connectivity index (χ3v) is 4.76. The van der Waals surface area contributed by atoms with Gasteiger partial charge in [0.15, 0.2) is 0 Å². The number of thioether (sulfide) groups is 1. The number of nitrogens with two attached hydrogens (primary N) is 3. The summed E-state index contributed by atoms with van der Waals surface area (Å²) in [7, 11) is 0. The Kier molecular flexibility index (Phi) is 14.9. The molecule has 9 N–H and O–H groups in total. The van der Waals surface area contributed by atoms with E-state index in [1.165, 1.54) is 0 Å². The van der Waals surface area contributed by atoms with Crippen molar-refractivity contribution in [3.63, 3.8) is 0 Å². The summed E-state index contributed by atoms with van der Waals surface area (Å²) in [5.41, 5.74) is 16.8. The molecule has 0 aromatic rings. The zero-order chi connectivity index (χ0) is 20.7. The number of hydrogen-bond acceptors (Lipinski definition) is 7. The van der Waals surface area contributed by atoms with Gasteiger partial charge in [0, 0.05) is 0 Å². The Balaban J connectivity index is 4.88. The van der Waals surface area contributed by atoms with Crippen molar-refractivity contribution < 1.29 is 19.5 Å². The van der Waals surface area contributed by atoms with Crippen molar-refractivity contribution in [1.82, 2.24) is 10.6 Å². The SMILES string of the molecule is CSCC[C@H](N)C(=O)N[C@@H](CCCCN)C(=O)N[C@@H](CCCCN)C(=O)O. The fourth-order valence-electron chi connectivity index (χ4n) is 2.44. The lowest BCUT2D eigenvalue weighted by Crippen LogP contribution is -2.54. The minimum absolute atomic E-state index is 0.287. The molecule has 0 aromatic carbocycles. The summed E-state index contributed by atoms with van der Waals surface area (Å²) < 4.78 is 0. The Morgan fingerprint density at radius 3 is 1.89 bits per heavy atom. The van der Waals surface area contributed by atoms with Gasteiger partial charge in [-0.2, -0.15) is 11.8 Å². The van der Waals surface area contributed by atoms with E-state index in [4.69, 9.17) is 17.2 Å². The van der Waals surface area contributed by atoms with Crippen molar-refractivity contribution in [2.75, 3.05) is 25.1 Å². The highest BCUT2D eigenvalue weighted by atomic mass is 32.2. The summed E-state index contributed by atoms with van der Waals surface area (Å²) in [6.07, 6.45) is 5.70. The number of amides is 2. The number of carbonyl (C=O) groups excluding carboxylic acids is 2. The van der Waals surface area contributed by atoms with Gasteiger partial charge in [-0.1, -0.05) is 0 Å². The highest BCUT2D eigenvalue weighted by molar-refractivity contribution is 7.98. The Labute approximate surface area is 165 Å². The van der Waals surface area contributed by atoms with Gasteiger partial charge < -0.3 is 32.9 Å². The predicted molar refractivity (Wildman–Crippen MR) is 108 cm³/mol. The monoisotopic (exact) mass is 405 g/mol. The Bertz CT molecular complexity index is 453. The second-order valence-electron chi connectivity index (χ2n) is 6.42. The first-order valence-electron chi connectivity index (χ1n) is 9.35. The summed E-state index contributed by atoms with van der Waals surface area (Å²) in [4.78, 5) is 36.2. The average Bonchev–Trinajstić information content (AvgIpc) is 2.64. The van der Waals surface area contributed by atoms with Gasteiger partial charge in [-0.05, 0) is 70.0 Å². The number of rotatable bonds is 16. The zero-order valence-corrected chi connectivity index (χ0v) is 16.9. The third-order valence-electron chi connectivity index (χ3n) is 4.11. The van der Waals surface area contributed by atoms with E-state index in [0.717, 1.165) is 5.75 Å². The first-order chi connectivity index (χ1) is 12.9. The van der Waals surface area contributed by atoms with Crippen molar-refractivity contribution in [1.29, 1.82) is 0 Å². The third kappa shape index (κ3) is 11.9. The lowest BCUT2D eigenvalue weighted by Gasteiger charge is -2.23. The predicted octanol–water partition coefficient (Wildman–Crippen LogP) is -0.621. The molecular formula is C17H35N5O4S. The molecule has 0 unspecified atom stereocenters. The Morgan fingerprint density at radius 1 is 0.889 bits per heavy atom. The van der Waals surface area contributed by atoms with Gasteiger partial charge in [-0.25, -0.2) is 4.79 Å². The molecule has 0 saturated heterocycles. The number of carbonyl (C=O) groups is 3. The van der Waals surface area contributed by atoms with Crippen LogP contribution in [0.25, 0.3) is 0 Å². The number of carboxylic acids is 1. The first-order valence-corrected chi connectivity index (χ1v) is 10.7. The maximum absolute atomic E-state index is 12.6. The molecule has 9 nitrogen and oxygen atoms in total. The van der Waals surface area contributed by atoms with Crippen molar-refractivity contribution in [3.05, 3.63) is 0 Å². The van der Waals surface area contributed by atoms with Crippen LogP contribution in [0.3, 0.4) is 0 Å². The standard InChI is InChI=1S/C17H35N5O4S/c1-27-11-8-12(20)15(23)21-13(6-2-4-9-18)16(24)22-14(17(25)26)7-3-5-10-19/h12-14H,2-11,18-20H2,1H3,(H,21,23)(H,22,24)(H,25,26)/t12-,13-,14-/m0/s1. The van der Waals surface area contributed by atoms with Crippen molar-refractivity contribution in [2.24, 2.45) is 17.2 Å². The molecule has 158 valence electrons. The minimum atomic E-state index is -1.11. The van der Waals surface area contributed by atoms with Crippen LogP contribution in [0.5, 0.6) is 0 Å². The minimum Gasteiger partial charge on any atom is -0.480 e. The number of unbranched alkanes of at least 4 members (excludes halogenated alkanes) is 2. The van der Waals surface area contributed by atoms with Gasteiger partial charge in [0.2, 0.25) is 11.8 Å². The number of hydrogen-bond donors (Lipinski definition) is 6. The van der Waals surface area contributed by atoms with Gasteiger partial charge in [0.05, 0.1) is 6.04 Å². The second-order valence-corrected chi connectivity index (χ2v) is 7.40. The van der Waals surface area contributed by atoms with E-state index in [1.54, 1.807) is 11.8 Å². The summed E-state index contributed by atoms with van der Waals surface area (Å²) in [6.45, 7) is 0.943. The van der Waals surface area contributed by atoms with E-state index in [1.807, 2.05) is 6.26 Å². The van der Waals surface area contributed by atoms with Crippen LogP contribution in [0.1, 0.15) is 44.9 Å². The lowest BCUT2D eigenvalue weighted by atomic mass is 10.1. The van der Waals surface area contributed by atoms with Crippen molar-refractivity contribution in [3.8, 4) is 0 Å². The van der Waals surface area contributed by atoms with Crippen LogP contribution >= 0.6 is 11.8 Å². The zero-order valence-electron chi connectivity index (χ0n) is 16.1. The van der Waals surface area contributed by atoms with Crippen LogP contribution in [-0.4, -0.2) is 66.1 Å². The summed E-state index contributed by atoms with van der Waals surface area (Å²) in [6, 6.07) is -2.55. The summed E-state index contributed by atoms with van der Waals surface area (Å²) in [5.74, 6) is -1.30. The van der Waals surface area contributed by atoms with Crippen LogP contribution in [-0.2, 0) is 14.4 Å². The van der Waals surface area contributed by atoms with E-state index < -0.39 is 35.9 Å². The fraction of sp³-hybridized carbons (Fsp3) is 0.824. The summed E-state index contributed by atoms with van der Waals surface area (Å²) >= 11 is 1.58. The quantitative estimate of drug-likeness (QED) is 0.184. The molecule has 0 aliphatic carbocycles. The molecule has 3 atom stereocenters. The number of carboxylic acid groups (broad SMARTS) is 1. The van der Waals surface area contributed by atoms with Crippen molar-refractivity contribution in [2.45, 2.75) is 63.1 Å². The molecule has 0 fully saturated rings. The smallest absolute Gasteiger partial charge is 0.326 e. The topological polar surface area (TPSA) is 174 Å². The fourth-order valence-corrected chi connectivity index (χ4v) is 2.93. The molecule has 0 spiro atoms. The molecular weight excluding hydrogens is 370 g/mol. The van der Waals surface area contributed by atoms with E-state index in [2.05, 4.69) is 10.6 Å². The molecule has 2 amide bonds. The Morgan fingerprint density at radius 2 is 1.41 bits per heavy atom. The van der Waals surface area contributed by atoms with Crippen LogP contribution < -0.4 is 27.8 Å². The molecule has 0 aliphatic heterocycles. The van der Waals surface area contributed by atoms with E-state index in [9.17, 15) is 19.5 Å². The molecule has 0 aromatic heterocycles. The molecule has 0 aliphatic rings. The summed E-state index contributed by atoms with van der Waals surface area (Å²) in [5, 5.41) is 14.5. The first kappa shape index (κ1) is 25.6. The Hall–Kier alpha value is -1.36. The average molecular weight is 406 g/mol. The maximum Gasteiger partial charge on any atom is 0.326 e. The largest absolute Gasteiger partial charge is 0.480 e. The second kappa shape index (κ2) is 15.7.